The van der Waals surface area contributed by atoms with Crippen molar-refractivity contribution in [2.24, 2.45) is 5.50 Å². The third kappa shape index (κ3) is 8.15. The summed E-state index contributed by atoms with van der Waals surface area (Å²) in [5.74, 6) is 0.0521. The van der Waals surface area contributed by atoms with E-state index in [9.17, 15) is 9.36 Å². The second-order valence-corrected chi connectivity index (χ2v) is 7.33. The van der Waals surface area contributed by atoms with Crippen molar-refractivity contribution < 1.29 is 18.6 Å². The lowest BCUT2D eigenvalue weighted by atomic mass is 10.2. The van der Waals surface area contributed by atoms with Crippen molar-refractivity contribution in [2.75, 3.05) is 31.5 Å². The monoisotopic (exact) mass is 382 g/mol. The lowest BCUT2D eigenvalue weighted by Gasteiger charge is -2.26. The molecular weight excluding hydrogens is 362 g/mol. The van der Waals surface area contributed by atoms with Crippen LogP contribution in [0.5, 0.6) is 0 Å². The van der Waals surface area contributed by atoms with Crippen molar-refractivity contribution in [2.45, 2.75) is 13.0 Å². The number of carbonyl (C=O) groups is 1. The molecule has 0 aromatic heterocycles. The maximum atomic E-state index is 12.3. The normalized spacial score (nSPS) is 13.7. The molecule has 0 fully saturated rings. The first-order chi connectivity index (χ1) is 11.0. The van der Waals surface area contributed by atoms with Crippen LogP contribution in [0.3, 0.4) is 0 Å². The molecule has 1 aromatic rings. The molecule has 1 rings (SSSR count). The van der Waals surface area contributed by atoms with Crippen LogP contribution in [0.4, 0.5) is 0 Å². The Hall–Kier alpha value is -0.620. The van der Waals surface area contributed by atoms with Crippen molar-refractivity contribution in [3.8, 4) is 0 Å². The molecule has 0 aliphatic rings. The second-order valence-electron chi connectivity index (χ2n) is 4.63. The van der Waals surface area contributed by atoms with E-state index < -0.39 is 13.6 Å². The van der Waals surface area contributed by atoms with Gasteiger partial charge in [0.1, 0.15) is 6.61 Å². The molecule has 0 heterocycles. The van der Waals surface area contributed by atoms with Gasteiger partial charge in [0.25, 0.3) is 0 Å². The third-order valence-electron chi connectivity index (χ3n) is 2.90. The number of hydrogen-bond donors (Lipinski definition) is 1. The lowest BCUT2D eigenvalue weighted by Crippen LogP contribution is -2.30. The van der Waals surface area contributed by atoms with Gasteiger partial charge in [0.2, 0.25) is 0 Å². The molecule has 23 heavy (non-hydrogen) atoms. The zero-order chi connectivity index (χ0) is 17.1. The first-order valence-corrected chi connectivity index (χ1v) is 9.81. The SMILES string of the molecule is N[P@](=O)(OCCC(=O)OCc1ccccc1)N(CCCl)CCCl. The quantitative estimate of drug-likeness (QED) is 0.360. The summed E-state index contributed by atoms with van der Waals surface area (Å²) in [6.45, 7) is 0.675. The highest BCUT2D eigenvalue weighted by Gasteiger charge is 2.26. The summed E-state index contributed by atoms with van der Waals surface area (Å²) >= 11 is 11.3. The average molecular weight is 383 g/mol. The van der Waals surface area contributed by atoms with Gasteiger partial charge in [0.15, 0.2) is 0 Å². The molecule has 9 heteroatoms. The van der Waals surface area contributed by atoms with Crippen LogP contribution in [0.15, 0.2) is 30.3 Å². The number of nitrogens with two attached hydrogens (primary N) is 1. The Morgan fingerprint density at radius 1 is 1.17 bits per heavy atom. The van der Waals surface area contributed by atoms with Crippen molar-refractivity contribution in [1.82, 2.24) is 4.67 Å². The fourth-order valence-electron chi connectivity index (χ4n) is 1.74. The number of halogens is 2. The highest BCUT2D eigenvalue weighted by atomic mass is 35.5. The number of alkyl halides is 2. The van der Waals surface area contributed by atoms with Crippen LogP contribution < -0.4 is 5.50 Å². The van der Waals surface area contributed by atoms with Gasteiger partial charge in [0, 0.05) is 24.8 Å². The molecule has 0 aliphatic carbocycles. The Balaban J connectivity index is 2.33. The van der Waals surface area contributed by atoms with Crippen LogP contribution in [-0.4, -0.2) is 42.1 Å². The van der Waals surface area contributed by atoms with Crippen LogP contribution >= 0.6 is 30.9 Å². The molecule has 0 saturated heterocycles. The Kier molecular flexibility index (Phi) is 9.79. The third-order valence-corrected chi connectivity index (χ3v) is 4.98. The van der Waals surface area contributed by atoms with E-state index in [1.165, 1.54) is 4.67 Å². The Bertz CT molecular complexity index is 513. The van der Waals surface area contributed by atoms with E-state index in [1.54, 1.807) is 0 Å². The molecule has 0 bridgehead atoms. The van der Waals surface area contributed by atoms with Gasteiger partial charge in [-0.1, -0.05) is 30.3 Å². The van der Waals surface area contributed by atoms with Crippen LogP contribution in [0.2, 0.25) is 0 Å². The minimum absolute atomic E-state index is 0.0381. The van der Waals surface area contributed by atoms with E-state index in [0.29, 0.717) is 13.1 Å². The zero-order valence-electron chi connectivity index (χ0n) is 12.7. The van der Waals surface area contributed by atoms with Crippen LogP contribution in [0.25, 0.3) is 0 Å². The number of benzene rings is 1. The number of esters is 1. The Morgan fingerprint density at radius 3 is 2.35 bits per heavy atom. The summed E-state index contributed by atoms with van der Waals surface area (Å²) in [7, 11) is -3.51. The molecular formula is C14H21Cl2N2O4P. The standard InChI is InChI=1S/C14H21Cl2N2O4P/c15-7-9-18(10-8-16)23(17,20)22-11-6-14(19)21-12-13-4-2-1-3-5-13/h1-5H,6-12H2,(H2,17,20)/t23-/m0/s1. The van der Waals surface area contributed by atoms with Gasteiger partial charge in [-0.15, -0.1) is 23.2 Å². The predicted octanol–water partition coefficient (Wildman–Crippen LogP) is 2.98. The van der Waals surface area contributed by atoms with Gasteiger partial charge in [0.05, 0.1) is 13.0 Å². The lowest BCUT2D eigenvalue weighted by molar-refractivity contribution is -0.145. The predicted molar refractivity (Wildman–Crippen MR) is 91.6 cm³/mol. The smallest absolute Gasteiger partial charge is 0.340 e. The van der Waals surface area contributed by atoms with Gasteiger partial charge in [-0.2, -0.15) is 0 Å². The zero-order valence-corrected chi connectivity index (χ0v) is 15.1. The molecule has 0 aliphatic heterocycles. The molecule has 0 amide bonds. The van der Waals surface area contributed by atoms with E-state index in [1.807, 2.05) is 30.3 Å². The van der Waals surface area contributed by atoms with Crippen molar-refractivity contribution in [3.63, 3.8) is 0 Å². The van der Waals surface area contributed by atoms with Gasteiger partial charge in [-0.25, -0.2) is 10.2 Å². The Labute approximate surface area is 146 Å². The molecule has 1 atom stereocenters. The number of rotatable bonds is 11. The average Bonchev–Trinajstić information content (AvgIpc) is 2.53. The van der Waals surface area contributed by atoms with E-state index >= 15 is 0 Å². The number of carbonyl (C=O) groups excluding carboxylic acids is 1. The molecule has 130 valence electrons. The summed E-state index contributed by atoms with van der Waals surface area (Å²) in [6, 6.07) is 9.31. The van der Waals surface area contributed by atoms with E-state index in [-0.39, 0.29) is 31.4 Å². The highest BCUT2D eigenvalue weighted by molar-refractivity contribution is 7.53. The number of nitrogens with zero attached hydrogens (tertiary/aromatic N) is 1. The topological polar surface area (TPSA) is 81.9 Å². The molecule has 2 N–H and O–H groups in total. The summed E-state index contributed by atoms with van der Waals surface area (Å²) in [6.07, 6.45) is -0.0381. The first-order valence-electron chi connectivity index (χ1n) is 7.09. The molecule has 6 nitrogen and oxygen atoms in total. The van der Waals surface area contributed by atoms with Crippen LogP contribution in [-0.2, 0) is 25.2 Å². The molecule has 0 saturated carbocycles. The summed E-state index contributed by atoms with van der Waals surface area (Å²) in [4.78, 5) is 11.6. The van der Waals surface area contributed by atoms with Gasteiger partial charge < -0.3 is 9.26 Å². The molecule has 1 aromatic carbocycles. The van der Waals surface area contributed by atoms with Crippen molar-refractivity contribution in [3.05, 3.63) is 35.9 Å². The number of ether oxygens (including phenoxy) is 1. The fraction of sp³-hybridized carbons (Fsp3) is 0.500. The second kappa shape index (κ2) is 11.0. The Morgan fingerprint density at radius 2 is 1.78 bits per heavy atom. The summed E-state index contributed by atoms with van der Waals surface area (Å²) < 4.78 is 23.9. The molecule has 0 radical (unpaired) electrons. The van der Waals surface area contributed by atoms with E-state index in [0.717, 1.165) is 5.56 Å². The van der Waals surface area contributed by atoms with Crippen LogP contribution in [0, 0.1) is 0 Å². The maximum Gasteiger partial charge on any atom is 0.340 e. The van der Waals surface area contributed by atoms with Gasteiger partial charge >= 0.3 is 13.6 Å². The van der Waals surface area contributed by atoms with Gasteiger partial charge in [-0.05, 0) is 5.56 Å². The largest absolute Gasteiger partial charge is 0.461 e. The first kappa shape index (κ1) is 20.4. The van der Waals surface area contributed by atoms with E-state index in [4.69, 9.17) is 38.0 Å². The minimum atomic E-state index is -3.51. The minimum Gasteiger partial charge on any atom is -0.461 e. The molecule has 0 unspecified atom stereocenters. The van der Waals surface area contributed by atoms with Gasteiger partial charge in [-0.3, -0.25) is 9.36 Å². The summed E-state index contributed by atoms with van der Waals surface area (Å²) in [5, 5.41) is 0. The van der Waals surface area contributed by atoms with Crippen molar-refractivity contribution in [1.29, 1.82) is 0 Å². The highest BCUT2D eigenvalue weighted by Crippen LogP contribution is 2.42. The fourth-order valence-corrected chi connectivity index (χ4v) is 3.65. The molecule has 0 spiro atoms. The maximum absolute atomic E-state index is 12.3. The van der Waals surface area contributed by atoms with Crippen LogP contribution in [0.1, 0.15) is 12.0 Å². The van der Waals surface area contributed by atoms with E-state index in [2.05, 4.69) is 0 Å². The van der Waals surface area contributed by atoms with Crippen molar-refractivity contribution >= 4 is 36.8 Å². The summed E-state index contributed by atoms with van der Waals surface area (Å²) in [5.41, 5.74) is 6.56. The number of hydrogen-bond acceptors (Lipinski definition) is 4.